The summed E-state index contributed by atoms with van der Waals surface area (Å²) in [5.41, 5.74) is 2.83. The minimum atomic E-state index is -0.0764. The van der Waals surface area contributed by atoms with E-state index >= 15 is 0 Å². The minimum absolute atomic E-state index is 0.0764. The number of nitrogens with one attached hydrogen (secondary N) is 1. The van der Waals surface area contributed by atoms with Gasteiger partial charge in [0, 0.05) is 14.8 Å². The van der Waals surface area contributed by atoms with Crippen molar-refractivity contribution in [2.75, 3.05) is 5.32 Å². The summed E-state index contributed by atoms with van der Waals surface area (Å²) in [6, 6.07) is 15.6. The van der Waals surface area contributed by atoms with Crippen LogP contribution >= 0.6 is 22.6 Å². The van der Waals surface area contributed by atoms with Crippen LogP contribution in [0.25, 0.3) is 0 Å². The summed E-state index contributed by atoms with van der Waals surface area (Å²) in [4.78, 5) is 12.2. The van der Waals surface area contributed by atoms with Crippen molar-refractivity contribution in [2.45, 2.75) is 26.2 Å². The first kappa shape index (κ1) is 15.0. The van der Waals surface area contributed by atoms with E-state index in [1.807, 2.05) is 48.5 Å². The summed E-state index contributed by atoms with van der Waals surface area (Å²) in [7, 11) is 0. The van der Waals surface area contributed by atoms with Crippen LogP contribution < -0.4 is 5.32 Å². The molecule has 0 radical (unpaired) electrons. The third-order valence-electron chi connectivity index (χ3n) is 3.10. The van der Waals surface area contributed by atoms with E-state index in [4.69, 9.17) is 0 Å². The fourth-order valence-electron chi connectivity index (χ4n) is 1.89. The standard InChI is InChI=1S/C17H18INO/c1-17(2,3)13-9-7-12(8-10-13)16(20)19-15-6-4-5-14(18)11-15/h4-11H,1-3H3,(H,19,20). The maximum atomic E-state index is 12.2. The molecule has 0 saturated heterocycles. The second-order valence-corrected chi connectivity index (χ2v) is 7.04. The number of halogens is 1. The van der Waals surface area contributed by atoms with Gasteiger partial charge in [-0.3, -0.25) is 4.79 Å². The van der Waals surface area contributed by atoms with E-state index in [1.165, 1.54) is 5.56 Å². The van der Waals surface area contributed by atoms with Crippen molar-refractivity contribution in [1.82, 2.24) is 0 Å². The average molecular weight is 379 g/mol. The van der Waals surface area contributed by atoms with Gasteiger partial charge in [-0.2, -0.15) is 0 Å². The molecule has 104 valence electrons. The van der Waals surface area contributed by atoms with Gasteiger partial charge in [0.15, 0.2) is 0 Å². The van der Waals surface area contributed by atoms with E-state index in [1.54, 1.807) is 0 Å². The molecule has 0 spiro atoms. The highest BCUT2D eigenvalue weighted by atomic mass is 127. The number of carbonyl (C=O) groups excluding carboxylic acids is 1. The molecule has 0 saturated carbocycles. The lowest BCUT2D eigenvalue weighted by Gasteiger charge is -2.19. The van der Waals surface area contributed by atoms with Crippen LogP contribution in [0, 0.1) is 3.57 Å². The highest BCUT2D eigenvalue weighted by molar-refractivity contribution is 14.1. The van der Waals surface area contributed by atoms with Crippen LogP contribution in [0.5, 0.6) is 0 Å². The van der Waals surface area contributed by atoms with Crippen molar-refractivity contribution in [1.29, 1.82) is 0 Å². The molecule has 2 aromatic carbocycles. The van der Waals surface area contributed by atoms with E-state index in [-0.39, 0.29) is 11.3 Å². The van der Waals surface area contributed by atoms with Crippen molar-refractivity contribution in [2.24, 2.45) is 0 Å². The second-order valence-electron chi connectivity index (χ2n) is 5.79. The Hall–Kier alpha value is -1.36. The fourth-order valence-corrected chi connectivity index (χ4v) is 2.43. The molecular weight excluding hydrogens is 361 g/mol. The third-order valence-corrected chi connectivity index (χ3v) is 3.77. The Bertz CT molecular complexity index is 612. The van der Waals surface area contributed by atoms with Gasteiger partial charge >= 0.3 is 0 Å². The minimum Gasteiger partial charge on any atom is -0.322 e. The summed E-state index contributed by atoms with van der Waals surface area (Å²) >= 11 is 2.23. The normalized spacial score (nSPS) is 11.2. The number of hydrogen-bond donors (Lipinski definition) is 1. The van der Waals surface area contributed by atoms with Crippen molar-refractivity contribution in [3.8, 4) is 0 Å². The first-order valence-corrected chi connectivity index (χ1v) is 7.61. The van der Waals surface area contributed by atoms with Crippen LogP contribution in [0.1, 0.15) is 36.7 Å². The van der Waals surface area contributed by atoms with Gasteiger partial charge in [-0.05, 0) is 63.9 Å². The Balaban J connectivity index is 2.14. The van der Waals surface area contributed by atoms with Gasteiger partial charge < -0.3 is 5.32 Å². The van der Waals surface area contributed by atoms with Crippen LogP contribution in [-0.4, -0.2) is 5.91 Å². The molecule has 3 heteroatoms. The van der Waals surface area contributed by atoms with Crippen LogP contribution in [0.15, 0.2) is 48.5 Å². The summed E-state index contributed by atoms with van der Waals surface area (Å²) in [6.07, 6.45) is 0. The van der Waals surface area contributed by atoms with Crippen LogP contribution in [0.3, 0.4) is 0 Å². The molecule has 0 aliphatic rings. The smallest absolute Gasteiger partial charge is 0.255 e. The Morgan fingerprint density at radius 3 is 2.25 bits per heavy atom. The first-order chi connectivity index (χ1) is 9.36. The van der Waals surface area contributed by atoms with Gasteiger partial charge in [0.2, 0.25) is 0 Å². The number of rotatable bonds is 2. The van der Waals surface area contributed by atoms with Crippen LogP contribution in [0.2, 0.25) is 0 Å². The van der Waals surface area contributed by atoms with Crippen molar-refractivity contribution >= 4 is 34.2 Å². The van der Waals surface area contributed by atoms with E-state index in [0.717, 1.165) is 9.26 Å². The molecular formula is C17H18INO. The maximum absolute atomic E-state index is 12.2. The molecule has 0 heterocycles. The quantitative estimate of drug-likeness (QED) is 0.744. The Kier molecular flexibility index (Phi) is 4.48. The molecule has 2 rings (SSSR count). The average Bonchev–Trinajstić information content (AvgIpc) is 2.38. The Morgan fingerprint density at radius 2 is 1.70 bits per heavy atom. The van der Waals surface area contributed by atoms with Crippen LogP contribution in [-0.2, 0) is 5.41 Å². The number of carbonyl (C=O) groups is 1. The molecule has 1 N–H and O–H groups in total. The molecule has 2 aromatic rings. The molecule has 20 heavy (non-hydrogen) atoms. The number of hydrogen-bond acceptors (Lipinski definition) is 1. The predicted molar refractivity (Wildman–Crippen MR) is 92.3 cm³/mol. The van der Waals surface area contributed by atoms with Gasteiger partial charge in [0.25, 0.3) is 5.91 Å². The molecule has 0 unspecified atom stereocenters. The Labute approximate surface area is 133 Å². The molecule has 0 atom stereocenters. The number of anilines is 1. The molecule has 1 amide bonds. The molecule has 0 aliphatic carbocycles. The number of benzene rings is 2. The maximum Gasteiger partial charge on any atom is 0.255 e. The van der Waals surface area contributed by atoms with Gasteiger partial charge in [-0.25, -0.2) is 0 Å². The lowest BCUT2D eigenvalue weighted by Crippen LogP contribution is -2.14. The summed E-state index contributed by atoms with van der Waals surface area (Å²) in [5.74, 6) is -0.0764. The zero-order chi connectivity index (χ0) is 14.8. The lowest BCUT2D eigenvalue weighted by atomic mass is 9.87. The SMILES string of the molecule is CC(C)(C)c1ccc(C(=O)Nc2cccc(I)c2)cc1. The predicted octanol–water partition coefficient (Wildman–Crippen LogP) is 4.84. The zero-order valence-electron chi connectivity index (χ0n) is 11.9. The van der Waals surface area contributed by atoms with E-state index in [0.29, 0.717) is 5.56 Å². The lowest BCUT2D eigenvalue weighted by molar-refractivity contribution is 0.102. The van der Waals surface area contributed by atoms with Crippen molar-refractivity contribution in [3.63, 3.8) is 0 Å². The summed E-state index contributed by atoms with van der Waals surface area (Å²) < 4.78 is 1.10. The van der Waals surface area contributed by atoms with Crippen molar-refractivity contribution in [3.05, 3.63) is 63.2 Å². The zero-order valence-corrected chi connectivity index (χ0v) is 14.1. The molecule has 0 fully saturated rings. The largest absolute Gasteiger partial charge is 0.322 e. The second kappa shape index (κ2) is 5.95. The van der Waals surface area contributed by atoms with Gasteiger partial charge in [-0.1, -0.05) is 39.0 Å². The first-order valence-electron chi connectivity index (χ1n) is 6.54. The highest BCUT2D eigenvalue weighted by Gasteiger charge is 2.14. The van der Waals surface area contributed by atoms with E-state index in [9.17, 15) is 4.79 Å². The third kappa shape index (κ3) is 3.82. The molecule has 0 aromatic heterocycles. The molecule has 2 nitrogen and oxygen atoms in total. The van der Waals surface area contributed by atoms with Gasteiger partial charge in [-0.15, -0.1) is 0 Å². The van der Waals surface area contributed by atoms with E-state index < -0.39 is 0 Å². The number of amides is 1. The molecule has 0 aliphatic heterocycles. The summed E-state index contributed by atoms with van der Waals surface area (Å²) in [6.45, 7) is 6.48. The van der Waals surface area contributed by atoms with Crippen LogP contribution in [0.4, 0.5) is 5.69 Å². The van der Waals surface area contributed by atoms with Gasteiger partial charge in [0.1, 0.15) is 0 Å². The highest BCUT2D eigenvalue weighted by Crippen LogP contribution is 2.22. The van der Waals surface area contributed by atoms with E-state index in [2.05, 4.69) is 48.7 Å². The summed E-state index contributed by atoms with van der Waals surface area (Å²) in [5, 5.41) is 2.91. The molecule has 0 bridgehead atoms. The van der Waals surface area contributed by atoms with Gasteiger partial charge in [0.05, 0.1) is 0 Å². The topological polar surface area (TPSA) is 29.1 Å². The Morgan fingerprint density at radius 1 is 1.05 bits per heavy atom. The fraction of sp³-hybridized carbons (Fsp3) is 0.235. The van der Waals surface area contributed by atoms with Crippen molar-refractivity contribution < 1.29 is 4.79 Å². The monoisotopic (exact) mass is 379 g/mol.